The van der Waals surface area contributed by atoms with Crippen LogP contribution < -0.4 is 5.73 Å². The largest absolute Gasteiger partial charge is 0.398 e. The van der Waals surface area contributed by atoms with Gasteiger partial charge in [0.25, 0.3) is 0 Å². The van der Waals surface area contributed by atoms with Gasteiger partial charge >= 0.3 is 0 Å². The van der Waals surface area contributed by atoms with Crippen molar-refractivity contribution in [2.75, 3.05) is 0 Å². The molecular weight excluding hydrogens is 160 g/mol. The van der Waals surface area contributed by atoms with Gasteiger partial charge in [-0.1, -0.05) is 25.3 Å². The number of hydrogen-bond acceptors (Lipinski definition) is 2. The second-order valence-corrected chi connectivity index (χ2v) is 2.52. The number of nitrogens with zero attached hydrogens (tertiary/aromatic N) is 1. The topological polar surface area (TPSA) is 38.9 Å². The van der Waals surface area contributed by atoms with Crippen molar-refractivity contribution in [2.45, 2.75) is 0 Å². The first-order valence-electron chi connectivity index (χ1n) is 3.94. The molecule has 13 heavy (non-hydrogen) atoms. The molecule has 2 nitrogen and oxygen atoms in total. The minimum absolute atomic E-state index is 0.651. The Bertz CT molecular complexity index is 351. The molecule has 1 rings (SSSR count). The lowest BCUT2D eigenvalue weighted by molar-refractivity contribution is 1.29. The van der Waals surface area contributed by atoms with Crippen molar-refractivity contribution in [3.05, 3.63) is 54.9 Å². The minimum Gasteiger partial charge on any atom is -0.398 e. The summed E-state index contributed by atoms with van der Waals surface area (Å²) in [5, 5.41) is 0. The van der Waals surface area contributed by atoms with E-state index in [1.807, 2.05) is 6.07 Å². The predicted octanol–water partition coefficient (Wildman–Crippen LogP) is 2.21. The van der Waals surface area contributed by atoms with Crippen LogP contribution in [-0.4, -0.2) is 4.98 Å². The van der Waals surface area contributed by atoms with E-state index in [0.29, 0.717) is 5.70 Å². The van der Waals surface area contributed by atoms with Crippen LogP contribution in [-0.2, 0) is 0 Å². The number of rotatable bonds is 3. The fraction of sp³-hybridized carbons (Fsp3) is 0. The lowest BCUT2D eigenvalue weighted by Crippen LogP contribution is -1.98. The van der Waals surface area contributed by atoms with Gasteiger partial charge in [-0.15, -0.1) is 0 Å². The number of pyridine rings is 1. The van der Waals surface area contributed by atoms with Crippen molar-refractivity contribution < 1.29 is 0 Å². The van der Waals surface area contributed by atoms with E-state index in [1.54, 1.807) is 30.6 Å². The highest BCUT2D eigenvalue weighted by Gasteiger charge is 1.99. The van der Waals surface area contributed by atoms with Gasteiger partial charge in [-0.2, -0.15) is 0 Å². The summed E-state index contributed by atoms with van der Waals surface area (Å²) < 4.78 is 0. The Hall–Kier alpha value is -1.83. The Kier molecular flexibility index (Phi) is 3.03. The van der Waals surface area contributed by atoms with E-state index in [1.165, 1.54) is 0 Å². The first-order valence-corrected chi connectivity index (χ1v) is 3.94. The molecule has 0 radical (unpaired) electrons. The van der Waals surface area contributed by atoms with Gasteiger partial charge in [0, 0.05) is 23.7 Å². The highest BCUT2D eigenvalue weighted by atomic mass is 14.6. The normalized spacial score (nSPS) is 10.9. The molecule has 0 bridgehead atoms. The second kappa shape index (κ2) is 4.26. The molecule has 0 aliphatic rings. The smallest absolute Gasteiger partial charge is 0.0409 e. The zero-order valence-corrected chi connectivity index (χ0v) is 7.40. The quantitative estimate of drug-likeness (QED) is 0.710. The van der Waals surface area contributed by atoms with Gasteiger partial charge in [0.05, 0.1) is 0 Å². The van der Waals surface area contributed by atoms with Crippen molar-refractivity contribution in [3.8, 4) is 0 Å². The molecule has 1 aromatic heterocycles. The number of allylic oxidation sites excluding steroid dienone is 2. The maximum atomic E-state index is 5.78. The fourth-order valence-electron chi connectivity index (χ4n) is 1.04. The SMILES string of the molecule is C=C/C=C(/N)c1cnccc1C=C. The van der Waals surface area contributed by atoms with Crippen LogP contribution in [0.25, 0.3) is 11.8 Å². The molecular formula is C11H12N2. The molecule has 2 heteroatoms. The molecule has 66 valence electrons. The molecule has 1 aromatic rings. The van der Waals surface area contributed by atoms with E-state index in [0.717, 1.165) is 11.1 Å². The molecule has 0 saturated heterocycles. The molecule has 0 saturated carbocycles. The zero-order chi connectivity index (χ0) is 9.68. The maximum Gasteiger partial charge on any atom is 0.0409 e. The molecule has 2 N–H and O–H groups in total. The molecule has 0 amide bonds. The Morgan fingerprint density at radius 1 is 1.46 bits per heavy atom. The van der Waals surface area contributed by atoms with E-state index in [4.69, 9.17) is 5.73 Å². The molecule has 0 unspecified atom stereocenters. The highest BCUT2D eigenvalue weighted by molar-refractivity contribution is 5.71. The van der Waals surface area contributed by atoms with Gasteiger partial charge in [-0.3, -0.25) is 4.98 Å². The van der Waals surface area contributed by atoms with Crippen molar-refractivity contribution in [1.29, 1.82) is 0 Å². The van der Waals surface area contributed by atoms with Gasteiger partial charge in [-0.25, -0.2) is 0 Å². The summed E-state index contributed by atoms with van der Waals surface area (Å²) in [7, 11) is 0. The molecule has 0 fully saturated rings. The third kappa shape index (κ3) is 2.06. The lowest BCUT2D eigenvalue weighted by atomic mass is 10.1. The van der Waals surface area contributed by atoms with Gasteiger partial charge in [0.15, 0.2) is 0 Å². The molecule has 0 aliphatic carbocycles. The molecule has 0 atom stereocenters. The number of nitrogens with two attached hydrogens (primary N) is 1. The van der Waals surface area contributed by atoms with Gasteiger partial charge in [-0.05, 0) is 17.7 Å². The second-order valence-electron chi connectivity index (χ2n) is 2.52. The van der Waals surface area contributed by atoms with Crippen LogP contribution in [0.4, 0.5) is 0 Å². The maximum absolute atomic E-state index is 5.78. The molecule has 0 spiro atoms. The van der Waals surface area contributed by atoms with Crippen molar-refractivity contribution in [2.24, 2.45) is 5.73 Å². The van der Waals surface area contributed by atoms with Gasteiger partial charge in [0.1, 0.15) is 0 Å². The van der Waals surface area contributed by atoms with Crippen molar-refractivity contribution >= 4 is 11.8 Å². The Labute approximate surface area is 78.1 Å². The van der Waals surface area contributed by atoms with E-state index in [-0.39, 0.29) is 0 Å². The molecule has 1 heterocycles. The van der Waals surface area contributed by atoms with E-state index in [2.05, 4.69) is 18.1 Å². The first-order chi connectivity index (χ1) is 6.29. The van der Waals surface area contributed by atoms with Crippen molar-refractivity contribution in [1.82, 2.24) is 4.98 Å². The third-order valence-electron chi connectivity index (χ3n) is 1.68. The van der Waals surface area contributed by atoms with Crippen LogP contribution >= 0.6 is 0 Å². The average Bonchev–Trinajstić information content (AvgIpc) is 2.18. The lowest BCUT2D eigenvalue weighted by Gasteiger charge is -2.03. The monoisotopic (exact) mass is 172 g/mol. The summed E-state index contributed by atoms with van der Waals surface area (Å²) in [6, 6.07) is 1.87. The molecule has 0 aromatic carbocycles. The zero-order valence-electron chi connectivity index (χ0n) is 7.40. The van der Waals surface area contributed by atoms with Crippen LogP contribution in [0.5, 0.6) is 0 Å². The Balaban J connectivity index is 3.20. The van der Waals surface area contributed by atoms with Crippen LogP contribution in [0, 0.1) is 0 Å². The van der Waals surface area contributed by atoms with Crippen LogP contribution in [0.3, 0.4) is 0 Å². The van der Waals surface area contributed by atoms with E-state index < -0.39 is 0 Å². The van der Waals surface area contributed by atoms with E-state index in [9.17, 15) is 0 Å². The highest BCUT2D eigenvalue weighted by Crippen LogP contribution is 2.14. The summed E-state index contributed by atoms with van der Waals surface area (Å²) >= 11 is 0. The van der Waals surface area contributed by atoms with Crippen LogP contribution in [0.2, 0.25) is 0 Å². The number of hydrogen-bond donors (Lipinski definition) is 1. The first kappa shape index (κ1) is 9.26. The standard InChI is InChI=1S/C11H12N2/c1-3-5-11(12)10-8-13-7-6-9(10)4-2/h3-8H,1-2,12H2/b11-5+. The third-order valence-corrected chi connectivity index (χ3v) is 1.68. The van der Waals surface area contributed by atoms with E-state index >= 15 is 0 Å². The predicted molar refractivity (Wildman–Crippen MR) is 56.7 cm³/mol. The average molecular weight is 172 g/mol. The minimum atomic E-state index is 0.651. The van der Waals surface area contributed by atoms with Crippen LogP contribution in [0.15, 0.2) is 43.8 Å². The van der Waals surface area contributed by atoms with Crippen LogP contribution in [0.1, 0.15) is 11.1 Å². The Morgan fingerprint density at radius 2 is 2.23 bits per heavy atom. The fourth-order valence-corrected chi connectivity index (χ4v) is 1.04. The van der Waals surface area contributed by atoms with Gasteiger partial charge < -0.3 is 5.73 Å². The Morgan fingerprint density at radius 3 is 2.85 bits per heavy atom. The molecule has 0 aliphatic heterocycles. The summed E-state index contributed by atoms with van der Waals surface area (Å²) in [4.78, 5) is 3.99. The summed E-state index contributed by atoms with van der Waals surface area (Å²) in [5.41, 5.74) is 8.30. The number of aromatic nitrogens is 1. The summed E-state index contributed by atoms with van der Waals surface area (Å²) in [5.74, 6) is 0. The van der Waals surface area contributed by atoms with Gasteiger partial charge in [0.2, 0.25) is 0 Å². The summed E-state index contributed by atoms with van der Waals surface area (Å²) in [6.45, 7) is 7.28. The van der Waals surface area contributed by atoms with Crippen molar-refractivity contribution in [3.63, 3.8) is 0 Å². The summed E-state index contributed by atoms with van der Waals surface area (Å²) in [6.07, 6.45) is 8.56.